The zero-order chi connectivity index (χ0) is 19.8. The van der Waals surface area contributed by atoms with Crippen LogP contribution in [0.15, 0.2) is 30.3 Å². The van der Waals surface area contributed by atoms with E-state index in [1.54, 1.807) is 6.07 Å². The van der Waals surface area contributed by atoms with Crippen molar-refractivity contribution in [2.75, 3.05) is 0 Å². The van der Waals surface area contributed by atoms with Crippen molar-refractivity contribution in [3.8, 4) is 11.3 Å². The lowest BCUT2D eigenvalue weighted by molar-refractivity contribution is 0.277. The first kappa shape index (κ1) is 21.0. The van der Waals surface area contributed by atoms with Crippen molar-refractivity contribution in [1.29, 1.82) is 0 Å². The van der Waals surface area contributed by atoms with Crippen LogP contribution < -0.4 is 0 Å². The van der Waals surface area contributed by atoms with Crippen LogP contribution in [0.1, 0.15) is 82.9 Å². The van der Waals surface area contributed by atoms with Crippen LogP contribution in [0.4, 0.5) is 4.39 Å². The van der Waals surface area contributed by atoms with Crippen molar-refractivity contribution in [3.05, 3.63) is 47.4 Å². The molecule has 1 saturated carbocycles. The fourth-order valence-electron chi connectivity index (χ4n) is 4.27. The molecule has 0 unspecified atom stereocenters. The van der Waals surface area contributed by atoms with E-state index < -0.39 is 0 Å². The number of nitrogens with zero attached hydrogens (tertiary/aromatic N) is 2. The molecule has 1 heterocycles. The Morgan fingerprint density at radius 2 is 1.75 bits per heavy atom. The second kappa shape index (κ2) is 10.7. The van der Waals surface area contributed by atoms with E-state index in [-0.39, 0.29) is 5.82 Å². The molecule has 0 saturated heterocycles. The molecule has 152 valence electrons. The van der Waals surface area contributed by atoms with Crippen LogP contribution in [0.3, 0.4) is 0 Å². The van der Waals surface area contributed by atoms with Crippen molar-refractivity contribution >= 4 is 0 Å². The first-order valence-electron chi connectivity index (χ1n) is 11.3. The van der Waals surface area contributed by atoms with Crippen molar-refractivity contribution in [2.24, 2.45) is 11.8 Å². The summed E-state index contributed by atoms with van der Waals surface area (Å²) in [6.45, 7) is 4.56. The Morgan fingerprint density at radius 3 is 2.43 bits per heavy atom. The van der Waals surface area contributed by atoms with Gasteiger partial charge in [0.15, 0.2) is 0 Å². The normalized spacial score (nSPS) is 19.7. The van der Waals surface area contributed by atoms with Gasteiger partial charge in [-0.25, -0.2) is 4.39 Å². The van der Waals surface area contributed by atoms with Gasteiger partial charge in [-0.1, -0.05) is 70.9 Å². The summed E-state index contributed by atoms with van der Waals surface area (Å²) < 4.78 is 14.4. The highest BCUT2D eigenvalue weighted by atomic mass is 19.1. The quantitative estimate of drug-likeness (QED) is 0.430. The van der Waals surface area contributed by atoms with E-state index in [0.29, 0.717) is 0 Å². The number of hydrogen-bond acceptors (Lipinski definition) is 2. The standard InChI is InChI=1S/C25H35FN2/c1-3-4-5-6-7-21-13-14-22(18-24(21)26)25-17-16-23(27-28-25)15-12-20-10-8-19(2)9-11-20/h13-14,16-20H,3-12,15H2,1-2H3. The zero-order valence-corrected chi connectivity index (χ0v) is 17.6. The van der Waals surface area contributed by atoms with Gasteiger partial charge in [-0.15, -0.1) is 0 Å². The predicted molar refractivity (Wildman–Crippen MR) is 115 cm³/mol. The van der Waals surface area contributed by atoms with Crippen molar-refractivity contribution in [2.45, 2.75) is 84.5 Å². The molecule has 1 aromatic carbocycles. The fraction of sp³-hybridized carbons (Fsp3) is 0.600. The predicted octanol–water partition coefficient (Wildman–Crippen LogP) is 7.16. The lowest BCUT2D eigenvalue weighted by atomic mass is 9.81. The van der Waals surface area contributed by atoms with Gasteiger partial charge < -0.3 is 0 Å². The summed E-state index contributed by atoms with van der Waals surface area (Å²) in [5.74, 6) is 1.63. The lowest BCUT2D eigenvalue weighted by Gasteiger charge is -2.25. The smallest absolute Gasteiger partial charge is 0.127 e. The Kier molecular flexibility index (Phi) is 8.00. The van der Waals surface area contributed by atoms with Gasteiger partial charge in [0, 0.05) is 5.56 Å². The second-order valence-corrected chi connectivity index (χ2v) is 8.69. The van der Waals surface area contributed by atoms with E-state index in [1.165, 1.54) is 51.4 Å². The van der Waals surface area contributed by atoms with Gasteiger partial charge in [-0.05, 0) is 61.3 Å². The number of rotatable bonds is 9. The van der Waals surface area contributed by atoms with E-state index in [9.17, 15) is 4.39 Å². The molecule has 0 N–H and O–H groups in total. The maximum Gasteiger partial charge on any atom is 0.127 e. The highest BCUT2D eigenvalue weighted by Gasteiger charge is 2.18. The van der Waals surface area contributed by atoms with Crippen LogP contribution in [-0.2, 0) is 12.8 Å². The largest absolute Gasteiger partial charge is 0.207 e. The molecule has 2 aromatic rings. The number of aryl methyl sites for hydroxylation is 2. The van der Waals surface area contributed by atoms with Gasteiger partial charge in [0.05, 0.1) is 11.4 Å². The fourth-order valence-corrected chi connectivity index (χ4v) is 4.27. The Labute approximate surface area is 170 Å². The third-order valence-corrected chi connectivity index (χ3v) is 6.31. The van der Waals surface area contributed by atoms with E-state index in [0.717, 1.165) is 53.6 Å². The summed E-state index contributed by atoms with van der Waals surface area (Å²) in [5, 5.41) is 8.77. The minimum absolute atomic E-state index is 0.119. The summed E-state index contributed by atoms with van der Waals surface area (Å²) in [5.41, 5.74) is 3.43. The molecule has 1 aromatic heterocycles. The third-order valence-electron chi connectivity index (χ3n) is 6.31. The molecule has 2 nitrogen and oxygen atoms in total. The molecule has 3 heteroatoms. The van der Waals surface area contributed by atoms with E-state index in [4.69, 9.17) is 0 Å². The van der Waals surface area contributed by atoms with Crippen molar-refractivity contribution < 1.29 is 4.39 Å². The summed E-state index contributed by atoms with van der Waals surface area (Å²) in [7, 11) is 0. The molecule has 0 radical (unpaired) electrons. The summed E-state index contributed by atoms with van der Waals surface area (Å²) in [6, 6.07) is 9.55. The van der Waals surface area contributed by atoms with Gasteiger partial charge in [-0.3, -0.25) is 0 Å². The summed E-state index contributed by atoms with van der Waals surface area (Å²) in [6.07, 6.45) is 13.1. The number of hydrogen-bond donors (Lipinski definition) is 0. The van der Waals surface area contributed by atoms with Gasteiger partial charge >= 0.3 is 0 Å². The van der Waals surface area contributed by atoms with Gasteiger partial charge in [0.25, 0.3) is 0 Å². The van der Waals surface area contributed by atoms with Crippen LogP contribution in [0, 0.1) is 17.7 Å². The molecular formula is C25H35FN2. The first-order chi connectivity index (χ1) is 13.7. The minimum atomic E-state index is -0.119. The Balaban J connectivity index is 1.53. The second-order valence-electron chi connectivity index (χ2n) is 8.69. The maximum absolute atomic E-state index is 14.4. The van der Waals surface area contributed by atoms with Crippen LogP contribution in [-0.4, -0.2) is 10.2 Å². The highest BCUT2D eigenvalue weighted by molar-refractivity contribution is 5.59. The Bertz CT molecular complexity index is 718. The van der Waals surface area contributed by atoms with Crippen LogP contribution >= 0.6 is 0 Å². The first-order valence-corrected chi connectivity index (χ1v) is 11.3. The van der Waals surface area contributed by atoms with E-state index in [1.807, 2.05) is 18.2 Å². The number of aromatic nitrogens is 2. The average molecular weight is 383 g/mol. The Hall–Kier alpha value is -1.77. The minimum Gasteiger partial charge on any atom is -0.207 e. The van der Waals surface area contributed by atoms with Crippen LogP contribution in [0.25, 0.3) is 11.3 Å². The van der Waals surface area contributed by atoms with Crippen molar-refractivity contribution in [1.82, 2.24) is 10.2 Å². The highest BCUT2D eigenvalue weighted by Crippen LogP contribution is 2.31. The maximum atomic E-state index is 14.4. The number of unbranched alkanes of at least 4 members (excludes halogenated alkanes) is 3. The molecule has 0 atom stereocenters. The molecule has 0 aliphatic heterocycles. The Morgan fingerprint density at radius 1 is 0.929 bits per heavy atom. The van der Waals surface area contributed by atoms with Gasteiger partial charge in [0.1, 0.15) is 5.82 Å². The SMILES string of the molecule is CCCCCCc1ccc(-c2ccc(CCC3CCC(C)CC3)nn2)cc1F. The topological polar surface area (TPSA) is 25.8 Å². The lowest BCUT2D eigenvalue weighted by Crippen LogP contribution is -2.13. The molecule has 1 aliphatic carbocycles. The average Bonchev–Trinajstić information content (AvgIpc) is 2.72. The molecule has 28 heavy (non-hydrogen) atoms. The summed E-state index contributed by atoms with van der Waals surface area (Å²) in [4.78, 5) is 0. The molecule has 0 spiro atoms. The van der Waals surface area contributed by atoms with Crippen LogP contribution in [0.5, 0.6) is 0 Å². The van der Waals surface area contributed by atoms with Crippen LogP contribution in [0.2, 0.25) is 0 Å². The summed E-state index contributed by atoms with van der Waals surface area (Å²) >= 11 is 0. The number of halogens is 1. The molecule has 1 fully saturated rings. The molecular weight excluding hydrogens is 347 g/mol. The zero-order valence-electron chi connectivity index (χ0n) is 17.6. The third kappa shape index (κ3) is 6.12. The molecule has 1 aliphatic rings. The van der Waals surface area contributed by atoms with Gasteiger partial charge in [-0.2, -0.15) is 10.2 Å². The molecule has 0 amide bonds. The monoisotopic (exact) mass is 382 g/mol. The molecule has 3 rings (SSSR count). The number of benzene rings is 1. The molecule has 0 bridgehead atoms. The van der Waals surface area contributed by atoms with Gasteiger partial charge in [0.2, 0.25) is 0 Å². The van der Waals surface area contributed by atoms with Crippen molar-refractivity contribution in [3.63, 3.8) is 0 Å². The van der Waals surface area contributed by atoms with E-state index >= 15 is 0 Å². The van der Waals surface area contributed by atoms with E-state index in [2.05, 4.69) is 30.1 Å².